The van der Waals surface area contributed by atoms with Crippen molar-refractivity contribution in [2.75, 3.05) is 26.8 Å². The van der Waals surface area contributed by atoms with E-state index in [9.17, 15) is 0 Å². The van der Waals surface area contributed by atoms with Crippen molar-refractivity contribution in [2.24, 2.45) is 0 Å². The van der Waals surface area contributed by atoms with Crippen molar-refractivity contribution in [3.63, 3.8) is 0 Å². The maximum atomic E-state index is 5.53. The van der Waals surface area contributed by atoms with Crippen LogP contribution in [0.1, 0.15) is 51.9 Å². The van der Waals surface area contributed by atoms with Gasteiger partial charge in [0, 0.05) is 13.2 Å². The summed E-state index contributed by atoms with van der Waals surface area (Å²) in [4.78, 5) is 0. The van der Waals surface area contributed by atoms with Gasteiger partial charge >= 0.3 is 0 Å². The summed E-state index contributed by atoms with van der Waals surface area (Å²) in [6, 6.07) is 0. The van der Waals surface area contributed by atoms with E-state index < -0.39 is 0 Å². The van der Waals surface area contributed by atoms with Crippen molar-refractivity contribution >= 4 is 0 Å². The maximum Gasteiger partial charge on any atom is 0.0466 e. The number of unbranched alkanes of at least 4 members (excludes halogenated alkanes) is 5. The number of hydrogen-bond donors (Lipinski definition) is 1. The Morgan fingerprint density at radius 2 is 1.50 bits per heavy atom. The van der Waals surface area contributed by atoms with Crippen LogP contribution >= 0.6 is 0 Å². The molecule has 1 N–H and O–H groups in total. The van der Waals surface area contributed by atoms with E-state index in [1.165, 1.54) is 44.9 Å². The third kappa shape index (κ3) is 11.9. The minimum Gasteiger partial charge on any atom is -0.381 e. The Labute approximate surface area is 89.4 Å². The number of nitrogens with one attached hydrogen (secondary N) is 1. The molecule has 0 amide bonds. The molecule has 0 spiro atoms. The molecule has 0 radical (unpaired) electrons. The SMILES string of the molecule is CCCCCCCOCCCCNC. The lowest BCUT2D eigenvalue weighted by atomic mass is 10.2. The molecule has 0 aliphatic rings. The fourth-order valence-electron chi connectivity index (χ4n) is 1.42. The predicted molar refractivity (Wildman–Crippen MR) is 62.7 cm³/mol. The first-order chi connectivity index (χ1) is 6.91. The van der Waals surface area contributed by atoms with Crippen molar-refractivity contribution in [1.29, 1.82) is 0 Å². The average Bonchev–Trinajstić information content (AvgIpc) is 2.21. The molecule has 0 aliphatic carbocycles. The average molecular weight is 201 g/mol. The van der Waals surface area contributed by atoms with Crippen LogP contribution in [0.15, 0.2) is 0 Å². The first-order valence-electron chi connectivity index (χ1n) is 6.14. The van der Waals surface area contributed by atoms with Gasteiger partial charge in [-0.25, -0.2) is 0 Å². The van der Waals surface area contributed by atoms with E-state index in [4.69, 9.17) is 4.74 Å². The summed E-state index contributed by atoms with van der Waals surface area (Å²) in [5.41, 5.74) is 0. The molecular weight excluding hydrogens is 174 g/mol. The fraction of sp³-hybridized carbons (Fsp3) is 1.00. The molecule has 0 aromatic heterocycles. The lowest BCUT2D eigenvalue weighted by molar-refractivity contribution is 0.126. The van der Waals surface area contributed by atoms with Crippen LogP contribution in [0.3, 0.4) is 0 Å². The van der Waals surface area contributed by atoms with Crippen LogP contribution in [0, 0.1) is 0 Å². The van der Waals surface area contributed by atoms with E-state index >= 15 is 0 Å². The highest BCUT2D eigenvalue weighted by Crippen LogP contribution is 2.02. The normalized spacial score (nSPS) is 10.7. The van der Waals surface area contributed by atoms with Crippen LogP contribution in [0.25, 0.3) is 0 Å². The van der Waals surface area contributed by atoms with Gasteiger partial charge in [-0.3, -0.25) is 0 Å². The number of rotatable bonds is 11. The van der Waals surface area contributed by atoms with E-state index in [0.717, 1.165) is 19.8 Å². The van der Waals surface area contributed by atoms with Crippen LogP contribution in [0.2, 0.25) is 0 Å². The smallest absolute Gasteiger partial charge is 0.0466 e. The van der Waals surface area contributed by atoms with Gasteiger partial charge < -0.3 is 10.1 Å². The molecule has 0 bridgehead atoms. The minimum atomic E-state index is 0.940. The van der Waals surface area contributed by atoms with Crippen molar-refractivity contribution in [1.82, 2.24) is 5.32 Å². The van der Waals surface area contributed by atoms with Gasteiger partial charge in [-0.2, -0.15) is 0 Å². The first kappa shape index (κ1) is 13.9. The van der Waals surface area contributed by atoms with Crippen LogP contribution in [0.5, 0.6) is 0 Å². The molecule has 0 aromatic carbocycles. The van der Waals surface area contributed by atoms with Gasteiger partial charge in [0.15, 0.2) is 0 Å². The van der Waals surface area contributed by atoms with Crippen LogP contribution in [0.4, 0.5) is 0 Å². The van der Waals surface area contributed by atoms with E-state index in [0.29, 0.717) is 0 Å². The Balaban J connectivity index is 2.78. The molecule has 2 heteroatoms. The monoisotopic (exact) mass is 201 g/mol. The molecule has 0 heterocycles. The summed E-state index contributed by atoms with van der Waals surface area (Å²) in [6.45, 7) is 5.26. The van der Waals surface area contributed by atoms with Crippen LogP contribution < -0.4 is 5.32 Å². The van der Waals surface area contributed by atoms with Gasteiger partial charge in [0.2, 0.25) is 0 Å². The van der Waals surface area contributed by atoms with Crippen LogP contribution in [-0.2, 0) is 4.74 Å². The van der Waals surface area contributed by atoms with Gasteiger partial charge in [0.1, 0.15) is 0 Å². The number of hydrogen-bond acceptors (Lipinski definition) is 2. The largest absolute Gasteiger partial charge is 0.381 e. The first-order valence-corrected chi connectivity index (χ1v) is 6.14. The van der Waals surface area contributed by atoms with Crippen molar-refractivity contribution in [3.05, 3.63) is 0 Å². The zero-order chi connectivity index (χ0) is 10.5. The maximum absolute atomic E-state index is 5.53. The van der Waals surface area contributed by atoms with Gasteiger partial charge in [-0.1, -0.05) is 32.6 Å². The topological polar surface area (TPSA) is 21.3 Å². The lowest BCUT2D eigenvalue weighted by Gasteiger charge is -2.03. The highest BCUT2D eigenvalue weighted by molar-refractivity contribution is 4.44. The lowest BCUT2D eigenvalue weighted by Crippen LogP contribution is -2.08. The molecule has 0 atom stereocenters. The van der Waals surface area contributed by atoms with Gasteiger partial charge in [-0.05, 0) is 32.9 Å². The van der Waals surface area contributed by atoms with Crippen molar-refractivity contribution in [2.45, 2.75) is 51.9 Å². The summed E-state index contributed by atoms with van der Waals surface area (Å²) in [5, 5.41) is 3.14. The molecule has 86 valence electrons. The molecule has 0 rings (SSSR count). The van der Waals surface area contributed by atoms with E-state index in [-0.39, 0.29) is 0 Å². The highest BCUT2D eigenvalue weighted by atomic mass is 16.5. The summed E-state index contributed by atoms with van der Waals surface area (Å²) in [6.07, 6.45) is 9.07. The molecule has 0 fully saturated rings. The Morgan fingerprint density at radius 3 is 2.14 bits per heavy atom. The molecule has 0 aromatic rings. The zero-order valence-electron chi connectivity index (χ0n) is 9.98. The summed E-state index contributed by atoms with van der Waals surface area (Å²) < 4.78 is 5.53. The summed E-state index contributed by atoms with van der Waals surface area (Å²) in [5.74, 6) is 0. The Kier molecular flexibility index (Phi) is 12.8. The third-order valence-electron chi connectivity index (χ3n) is 2.36. The molecule has 0 saturated heterocycles. The van der Waals surface area contributed by atoms with Gasteiger partial charge in [0.05, 0.1) is 0 Å². The van der Waals surface area contributed by atoms with E-state index in [2.05, 4.69) is 12.2 Å². The Bertz CT molecular complexity index is 84.3. The molecule has 2 nitrogen and oxygen atoms in total. The summed E-state index contributed by atoms with van der Waals surface area (Å²) >= 11 is 0. The second-order valence-corrected chi connectivity index (χ2v) is 3.84. The second kappa shape index (κ2) is 12.9. The standard InChI is InChI=1S/C12H27NO/c1-3-4-5-6-8-11-14-12-9-7-10-13-2/h13H,3-12H2,1-2H3. The van der Waals surface area contributed by atoms with Crippen molar-refractivity contribution < 1.29 is 4.74 Å². The quantitative estimate of drug-likeness (QED) is 0.519. The van der Waals surface area contributed by atoms with Gasteiger partial charge in [-0.15, -0.1) is 0 Å². The third-order valence-corrected chi connectivity index (χ3v) is 2.36. The minimum absolute atomic E-state index is 0.940. The molecule has 0 saturated carbocycles. The Morgan fingerprint density at radius 1 is 0.857 bits per heavy atom. The van der Waals surface area contributed by atoms with Crippen molar-refractivity contribution in [3.8, 4) is 0 Å². The Hall–Kier alpha value is -0.0800. The number of ether oxygens (including phenoxy) is 1. The molecule has 0 unspecified atom stereocenters. The molecule has 0 aliphatic heterocycles. The second-order valence-electron chi connectivity index (χ2n) is 3.84. The van der Waals surface area contributed by atoms with Gasteiger partial charge in [0.25, 0.3) is 0 Å². The fourth-order valence-corrected chi connectivity index (χ4v) is 1.42. The molecular formula is C12H27NO. The zero-order valence-corrected chi connectivity index (χ0v) is 9.98. The molecule has 14 heavy (non-hydrogen) atoms. The highest BCUT2D eigenvalue weighted by Gasteiger charge is 1.90. The summed E-state index contributed by atoms with van der Waals surface area (Å²) in [7, 11) is 1.99. The predicted octanol–water partition coefficient (Wildman–Crippen LogP) is 2.97. The van der Waals surface area contributed by atoms with E-state index in [1.807, 2.05) is 7.05 Å². The van der Waals surface area contributed by atoms with Crippen LogP contribution in [-0.4, -0.2) is 26.8 Å². The van der Waals surface area contributed by atoms with E-state index in [1.54, 1.807) is 0 Å².